The molecule has 1 fully saturated rings. The molecule has 0 radical (unpaired) electrons. The standard InChI is InChI=1S/C40H77O20P3S/c1-3-5-6-7-8-9-10-11-12-13-16-19-22-26-32(41)57-31(29-33(42)55-27-23-20-17-14-15-18-21-24-28-64-34(43)25-4-2)30-56-63(53,54)60-38-35(44)36(45)39(58-61(47,48)49)40(37(38)46)59-62(50,51)52/h31,35-40,44-46H,3-30H2,1-2H3,(H,53,54)(H2,47,48,49)(H2,50,51,52)/t31-,35?,36+,37-,38?,39?,40-/m1/s1. The van der Waals surface area contributed by atoms with Crippen LogP contribution in [0.4, 0.5) is 0 Å². The van der Waals surface area contributed by atoms with Crippen molar-refractivity contribution in [3.8, 4) is 0 Å². The van der Waals surface area contributed by atoms with E-state index >= 15 is 0 Å². The van der Waals surface area contributed by atoms with Gasteiger partial charge in [-0.2, -0.15) is 0 Å². The summed E-state index contributed by atoms with van der Waals surface area (Å²) in [7, 11) is -16.6. The maximum absolute atomic E-state index is 13.1. The molecule has 0 aromatic carbocycles. The van der Waals surface area contributed by atoms with Gasteiger partial charge in [0.2, 0.25) is 0 Å². The normalized spacial score (nSPS) is 21.9. The fraction of sp³-hybridized carbons (Fsp3) is 0.925. The van der Waals surface area contributed by atoms with E-state index in [-0.39, 0.29) is 18.1 Å². The molecule has 0 saturated heterocycles. The predicted octanol–water partition coefficient (Wildman–Crippen LogP) is 7.05. The molecule has 1 saturated carbocycles. The minimum absolute atomic E-state index is 0.0225. The van der Waals surface area contributed by atoms with Crippen molar-refractivity contribution in [3.05, 3.63) is 0 Å². The van der Waals surface area contributed by atoms with Crippen LogP contribution in [-0.2, 0) is 55.6 Å². The summed E-state index contributed by atoms with van der Waals surface area (Å²) >= 11 is 1.40. The molecule has 0 aromatic rings. The van der Waals surface area contributed by atoms with Crippen molar-refractivity contribution in [1.29, 1.82) is 0 Å². The molecular formula is C40H77O20P3S. The van der Waals surface area contributed by atoms with E-state index in [0.717, 1.165) is 89.2 Å². The zero-order valence-electron chi connectivity index (χ0n) is 37.6. The molecule has 1 rings (SSSR count). The van der Waals surface area contributed by atoms with Gasteiger partial charge in [0.25, 0.3) is 0 Å². The van der Waals surface area contributed by atoms with E-state index in [1.165, 1.54) is 56.7 Å². The lowest BCUT2D eigenvalue weighted by Gasteiger charge is -2.44. The van der Waals surface area contributed by atoms with Crippen molar-refractivity contribution in [1.82, 2.24) is 0 Å². The lowest BCUT2D eigenvalue weighted by Crippen LogP contribution is -2.65. The van der Waals surface area contributed by atoms with Crippen LogP contribution in [0.5, 0.6) is 0 Å². The van der Waals surface area contributed by atoms with E-state index in [9.17, 15) is 67.9 Å². The number of phosphoric acid groups is 3. The van der Waals surface area contributed by atoms with Gasteiger partial charge in [-0.1, -0.05) is 141 Å². The summed E-state index contributed by atoms with van der Waals surface area (Å²) in [6.45, 7) is 3.29. The van der Waals surface area contributed by atoms with E-state index in [1.54, 1.807) is 0 Å². The van der Waals surface area contributed by atoms with Crippen LogP contribution in [-0.4, -0.2) is 119 Å². The number of carbonyl (C=O) groups excluding carboxylic acids is 3. The van der Waals surface area contributed by atoms with Crippen LogP contribution in [0, 0.1) is 0 Å². The summed E-state index contributed by atoms with van der Waals surface area (Å²) in [6, 6.07) is 0. The second kappa shape index (κ2) is 34.5. The Morgan fingerprint density at radius 2 is 0.984 bits per heavy atom. The molecule has 24 heteroatoms. The summed E-state index contributed by atoms with van der Waals surface area (Å²) in [5, 5.41) is 32.1. The SMILES string of the molecule is CCCCCCCCCCCCCCCC(=O)O[C@@H](COP(=O)(O)OC1C(O)[C@H](O)C(OP(=O)(O)O)[C@H](OP(=O)(O)O)[C@@H]1O)CC(=O)OCCCCCCCCCCSC(=O)CCC. The smallest absolute Gasteiger partial charge is 0.466 e. The van der Waals surface area contributed by atoms with Gasteiger partial charge in [-0.3, -0.25) is 32.5 Å². The van der Waals surface area contributed by atoms with Crippen molar-refractivity contribution in [3.63, 3.8) is 0 Å². The second-order valence-electron chi connectivity index (χ2n) is 16.3. The first kappa shape index (κ1) is 61.2. The minimum Gasteiger partial charge on any atom is -0.466 e. The molecule has 64 heavy (non-hydrogen) atoms. The first-order chi connectivity index (χ1) is 30.2. The van der Waals surface area contributed by atoms with Crippen LogP contribution >= 0.6 is 35.2 Å². The van der Waals surface area contributed by atoms with Gasteiger partial charge in [-0.05, 0) is 25.7 Å². The largest absolute Gasteiger partial charge is 0.472 e. The molecule has 1 aliphatic rings. The molecule has 8 N–H and O–H groups in total. The summed E-state index contributed by atoms with van der Waals surface area (Å²) in [5.74, 6) is -0.691. The molecule has 0 amide bonds. The Bertz CT molecular complexity index is 1430. The zero-order valence-corrected chi connectivity index (χ0v) is 41.1. The molecule has 0 spiro atoms. The van der Waals surface area contributed by atoms with Gasteiger partial charge < -0.3 is 49.3 Å². The molecule has 0 bridgehead atoms. The number of aliphatic hydroxyl groups excluding tert-OH is 3. The maximum Gasteiger partial charge on any atom is 0.472 e. The molecule has 378 valence electrons. The molecule has 4 unspecified atom stereocenters. The summed E-state index contributed by atoms with van der Waals surface area (Å²) in [4.78, 5) is 84.9. The first-order valence-electron chi connectivity index (χ1n) is 22.9. The van der Waals surface area contributed by atoms with Crippen LogP contribution in [0.3, 0.4) is 0 Å². The van der Waals surface area contributed by atoms with Crippen molar-refractivity contribution in [2.45, 2.75) is 217 Å². The third-order valence-electron chi connectivity index (χ3n) is 10.4. The van der Waals surface area contributed by atoms with Crippen molar-refractivity contribution >= 4 is 52.3 Å². The number of unbranched alkanes of at least 4 members (excludes halogenated alkanes) is 19. The molecule has 0 heterocycles. The predicted molar refractivity (Wildman–Crippen MR) is 238 cm³/mol. The topological polar surface area (TPSA) is 320 Å². The Morgan fingerprint density at radius 1 is 0.531 bits per heavy atom. The number of aliphatic hydroxyl groups is 3. The number of ether oxygens (including phenoxy) is 2. The Morgan fingerprint density at radius 3 is 1.48 bits per heavy atom. The van der Waals surface area contributed by atoms with Gasteiger partial charge in [-0.15, -0.1) is 0 Å². The highest BCUT2D eigenvalue weighted by atomic mass is 32.2. The van der Waals surface area contributed by atoms with Crippen LogP contribution in [0.1, 0.15) is 174 Å². The Hall–Kier alpha value is -0.830. The fourth-order valence-electron chi connectivity index (χ4n) is 7.04. The van der Waals surface area contributed by atoms with E-state index in [1.807, 2.05) is 6.92 Å². The molecule has 20 nitrogen and oxygen atoms in total. The highest BCUT2D eigenvalue weighted by Gasteiger charge is 2.56. The number of rotatable bonds is 39. The highest BCUT2D eigenvalue weighted by molar-refractivity contribution is 8.13. The molecule has 0 aromatic heterocycles. The third kappa shape index (κ3) is 30.5. The van der Waals surface area contributed by atoms with Gasteiger partial charge in [0, 0.05) is 18.6 Å². The summed E-state index contributed by atoms with van der Waals surface area (Å²) in [5.41, 5.74) is 0. The Balaban J connectivity index is 2.75. The van der Waals surface area contributed by atoms with Crippen molar-refractivity contribution < 1.29 is 95.4 Å². The second-order valence-corrected chi connectivity index (χ2v) is 21.2. The number of hydrogen-bond acceptors (Lipinski definition) is 16. The van der Waals surface area contributed by atoms with E-state index in [0.29, 0.717) is 19.3 Å². The van der Waals surface area contributed by atoms with Crippen LogP contribution in [0.15, 0.2) is 0 Å². The van der Waals surface area contributed by atoms with Gasteiger partial charge in [0.05, 0.1) is 19.6 Å². The van der Waals surface area contributed by atoms with E-state index < -0.39 is 91.2 Å². The lowest BCUT2D eigenvalue weighted by molar-refractivity contribution is -0.213. The Kier molecular flexibility index (Phi) is 32.9. The first-order valence-corrected chi connectivity index (χ1v) is 28.4. The van der Waals surface area contributed by atoms with Crippen LogP contribution < -0.4 is 0 Å². The van der Waals surface area contributed by atoms with Gasteiger partial charge in [0.15, 0.2) is 5.12 Å². The highest BCUT2D eigenvalue weighted by Crippen LogP contribution is 2.51. The molecule has 1 aliphatic carbocycles. The quantitative estimate of drug-likeness (QED) is 0.0174. The lowest BCUT2D eigenvalue weighted by atomic mass is 9.85. The fourth-order valence-corrected chi connectivity index (χ4v) is 10.1. The van der Waals surface area contributed by atoms with Gasteiger partial charge in [0.1, 0.15) is 42.7 Å². The molecular weight excluding hydrogens is 925 g/mol. The third-order valence-corrected chi connectivity index (χ3v) is 13.5. The van der Waals surface area contributed by atoms with Crippen LogP contribution in [0.25, 0.3) is 0 Å². The number of phosphoric ester groups is 3. The monoisotopic (exact) mass is 1000 g/mol. The molecule has 8 atom stereocenters. The average Bonchev–Trinajstić information content (AvgIpc) is 3.20. The number of thioether (sulfide) groups is 1. The average molecular weight is 1000 g/mol. The number of hydrogen-bond donors (Lipinski definition) is 8. The van der Waals surface area contributed by atoms with Crippen LogP contribution in [0.2, 0.25) is 0 Å². The van der Waals surface area contributed by atoms with E-state index in [2.05, 4.69) is 16.0 Å². The van der Waals surface area contributed by atoms with E-state index in [4.69, 9.17) is 18.5 Å². The van der Waals surface area contributed by atoms with Gasteiger partial charge in [-0.25, -0.2) is 13.7 Å². The maximum atomic E-state index is 13.1. The Labute approximate surface area is 382 Å². The number of esters is 2. The minimum atomic E-state index is -5.61. The summed E-state index contributed by atoms with van der Waals surface area (Å²) in [6.07, 6.45) is 5.96. The van der Waals surface area contributed by atoms with Crippen molar-refractivity contribution in [2.24, 2.45) is 0 Å². The molecule has 0 aliphatic heterocycles. The van der Waals surface area contributed by atoms with Crippen molar-refractivity contribution in [2.75, 3.05) is 19.0 Å². The summed E-state index contributed by atoms with van der Waals surface area (Å²) < 4.78 is 65.3. The zero-order chi connectivity index (χ0) is 48.0. The van der Waals surface area contributed by atoms with Gasteiger partial charge >= 0.3 is 35.4 Å². The number of carbonyl (C=O) groups is 3.